The van der Waals surface area contributed by atoms with Crippen LogP contribution in [0.2, 0.25) is 0 Å². The molecule has 2 saturated carbocycles. The summed E-state index contributed by atoms with van der Waals surface area (Å²) in [6.07, 6.45) is 4.84. The first-order valence-electron chi connectivity index (χ1n) is 6.67. The van der Waals surface area contributed by atoms with E-state index >= 15 is 0 Å². The largest absolute Gasteiger partial charge is 0.462 e. The molecule has 3 unspecified atom stereocenters. The molecule has 0 radical (unpaired) electrons. The summed E-state index contributed by atoms with van der Waals surface area (Å²) in [5, 5.41) is 0. The molecule has 2 fully saturated rings. The number of carbonyl (C=O) groups excluding carboxylic acids is 1. The molecule has 0 heterocycles. The highest BCUT2D eigenvalue weighted by Gasteiger charge is 2.62. The van der Waals surface area contributed by atoms with Crippen molar-refractivity contribution in [2.45, 2.75) is 59.0 Å². The minimum absolute atomic E-state index is 0.0692. The van der Waals surface area contributed by atoms with E-state index in [1.807, 2.05) is 0 Å². The van der Waals surface area contributed by atoms with Gasteiger partial charge in [-0.05, 0) is 37.0 Å². The number of ether oxygens (including phenoxy) is 1. The summed E-state index contributed by atoms with van der Waals surface area (Å²) < 4.78 is 5.69. The van der Waals surface area contributed by atoms with Gasteiger partial charge in [0.1, 0.15) is 6.10 Å². The SMILES string of the molecule is CC1(C)C2CCC1(C)C(OC(=O)CCCCl)C2. The fourth-order valence-corrected chi connectivity index (χ4v) is 3.87. The lowest BCUT2D eigenvalue weighted by molar-refractivity contribution is -0.156. The van der Waals surface area contributed by atoms with Gasteiger partial charge in [-0.25, -0.2) is 0 Å². The fraction of sp³-hybridized carbons (Fsp3) is 0.929. The zero-order chi connectivity index (χ0) is 12.7. The van der Waals surface area contributed by atoms with Crippen molar-refractivity contribution in [1.82, 2.24) is 0 Å². The summed E-state index contributed by atoms with van der Waals surface area (Å²) in [6.45, 7) is 6.95. The van der Waals surface area contributed by atoms with Crippen LogP contribution in [-0.2, 0) is 9.53 Å². The monoisotopic (exact) mass is 258 g/mol. The first-order chi connectivity index (χ1) is 7.91. The Balaban J connectivity index is 1.98. The molecule has 2 aliphatic rings. The number of hydrogen-bond acceptors (Lipinski definition) is 2. The molecule has 98 valence electrons. The van der Waals surface area contributed by atoms with Gasteiger partial charge in [-0.15, -0.1) is 11.6 Å². The van der Waals surface area contributed by atoms with E-state index in [1.165, 1.54) is 12.8 Å². The fourth-order valence-electron chi connectivity index (χ4n) is 3.74. The van der Waals surface area contributed by atoms with E-state index in [0.717, 1.165) is 18.8 Å². The normalized spacial score (nSPS) is 38.4. The van der Waals surface area contributed by atoms with Gasteiger partial charge in [0.25, 0.3) is 0 Å². The van der Waals surface area contributed by atoms with Crippen molar-refractivity contribution >= 4 is 17.6 Å². The zero-order valence-corrected chi connectivity index (χ0v) is 11.8. The molecule has 2 bridgehead atoms. The van der Waals surface area contributed by atoms with E-state index in [-0.39, 0.29) is 17.5 Å². The Bertz CT molecular complexity index is 313. The predicted molar refractivity (Wildman–Crippen MR) is 69.1 cm³/mol. The molecule has 3 heteroatoms. The second kappa shape index (κ2) is 4.46. The van der Waals surface area contributed by atoms with Crippen LogP contribution in [-0.4, -0.2) is 18.0 Å². The molecule has 2 rings (SSSR count). The van der Waals surface area contributed by atoms with Gasteiger partial charge in [0.05, 0.1) is 0 Å². The zero-order valence-electron chi connectivity index (χ0n) is 11.1. The average Bonchev–Trinajstić information content (AvgIpc) is 2.59. The molecule has 3 atom stereocenters. The number of hydrogen-bond donors (Lipinski definition) is 0. The smallest absolute Gasteiger partial charge is 0.306 e. The number of carbonyl (C=O) groups is 1. The lowest BCUT2D eigenvalue weighted by atomic mass is 9.70. The highest BCUT2D eigenvalue weighted by molar-refractivity contribution is 6.17. The molecule has 2 aliphatic carbocycles. The summed E-state index contributed by atoms with van der Waals surface area (Å²) in [7, 11) is 0. The predicted octanol–water partition coefficient (Wildman–Crippen LogP) is 3.76. The molecule has 0 aliphatic heterocycles. The molecule has 17 heavy (non-hydrogen) atoms. The van der Waals surface area contributed by atoms with Gasteiger partial charge in [0, 0.05) is 17.7 Å². The van der Waals surface area contributed by atoms with Gasteiger partial charge in [0.2, 0.25) is 0 Å². The minimum Gasteiger partial charge on any atom is -0.462 e. The van der Waals surface area contributed by atoms with E-state index < -0.39 is 0 Å². The Kier molecular flexibility index (Phi) is 3.46. The molecule has 0 spiro atoms. The van der Waals surface area contributed by atoms with Gasteiger partial charge in [-0.3, -0.25) is 4.79 Å². The van der Waals surface area contributed by atoms with Crippen molar-refractivity contribution in [3.63, 3.8) is 0 Å². The number of halogens is 1. The first-order valence-corrected chi connectivity index (χ1v) is 7.20. The maximum Gasteiger partial charge on any atom is 0.306 e. The van der Waals surface area contributed by atoms with Crippen molar-refractivity contribution in [2.75, 3.05) is 5.88 Å². The van der Waals surface area contributed by atoms with Crippen molar-refractivity contribution in [3.05, 3.63) is 0 Å². The third-order valence-electron chi connectivity index (χ3n) is 5.50. The highest BCUT2D eigenvalue weighted by atomic mass is 35.5. The standard InChI is InChI=1S/C14H23ClO2/c1-13(2)10-6-7-14(13,3)11(9-10)17-12(16)5-4-8-15/h10-11H,4-9H2,1-3H3. The van der Waals surface area contributed by atoms with Crippen molar-refractivity contribution < 1.29 is 9.53 Å². The second-order valence-corrected chi connectivity index (χ2v) is 6.76. The van der Waals surface area contributed by atoms with Crippen LogP contribution in [0.5, 0.6) is 0 Å². The maximum absolute atomic E-state index is 11.7. The lowest BCUT2D eigenvalue weighted by Gasteiger charge is -2.38. The first kappa shape index (κ1) is 13.2. The molecule has 0 saturated heterocycles. The van der Waals surface area contributed by atoms with Crippen molar-refractivity contribution in [1.29, 1.82) is 0 Å². The summed E-state index contributed by atoms with van der Waals surface area (Å²) in [4.78, 5) is 11.7. The molecule has 0 N–H and O–H groups in total. The van der Waals surface area contributed by atoms with Crippen LogP contribution >= 0.6 is 11.6 Å². The van der Waals surface area contributed by atoms with E-state index in [9.17, 15) is 4.79 Å². The number of alkyl halides is 1. The Labute approximate surface area is 109 Å². The van der Waals surface area contributed by atoms with Crippen molar-refractivity contribution in [3.8, 4) is 0 Å². The molecular weight excluding hydrogens is 236 g/mol. The topological polar surface area (TPSA) is 26.3 Å². The molecule has 0 aromatic heterocycles. The third kappa shape index (κ3) is 1.99. The van der Waals surface area contributed by atoms with Gasteiger partial charge in [-0.2, -0.15) is 0 Å². The highest BCUT2D eigenvalue weighted by Crippen LogP contribution is 2.66. The Morgan fingerprint density at radius 1 is 1.41 bits per heavy atom. The maximum atomic E-state index is 11.7. The van der Waals surface area contributed by atoms with E-state index in [2.05, 4.69) is 20.8 Å². The summed E-state index contributed by atoms with van der Waals surface area (Å²) in [6, 6.07) is 0. The Hall–Kier alpha value is -0.240. The van der Waals surface area contributed by atoms with Crippen LogP contribution in [0.15, 0.2) is 0 Å². The van der Waals surface area contributed by atoms with Crippen LogP contribution in [0.25, 0.3) is 0 Å². The Morgan fingerprint density at radius 2 is 2.12 bits per heavy atom. The van der Waals surface area contributed by atoms with Crippen LogP contribution in [0.4, 0.5) is 0 Å². The van der Waals surface area contributed by atoms with Crippen LogP contribution in [0.1, 0.15) is 52.9 Å². The summed E-state index contributed by atoms with van der Waals surface area (Å²) in [5.74, 6) is 1.18. The van der Waals surface area contributed by atoms with Gasteiger partial charge in [-0.1, -0.05) is 20.8 Å². The van der Waals surface area contributed by atoms with Crippen molar-refractivity contribution in [2.24, 2.45) is 16.7 Å². The number of rotatable bonds is 4. The molecule has 0 aromatic rings. The molecule has 0 amide bonds. The quantitative estimate of drug-likeness (QED) is 0.567. The van der Waals surface area contributed by atoms with Crippen LogP contribution < -0.4 is 0 Å². The van der Waals surface area contributed by atoms with Gasteiger partial charge < -0.3 is 4.74 Å². The summed E-state index contributed by atoms with van der Waals surface area (Å²) >= 11 is 5.59. The number of esters is 1. The second-order valence-electron chi connectivity index (χ2n) is 6.38. The Morgan fingerprint density at radius 3 is 2.59 bits per heavy atom. The van der Waals surface area contributed by atoms with Crippen LogP contribution in [0.3, 0.4) is 0 Å². The molecule has 2 nitrogen and oxygen atoms in total. The lowest BCUT2D eigenvalue weighted by Crippen LogP contribution is -2.38. The molecule has 0 aromatic carbocycles. The van der Waals surface area contributed by atoms with E-state index in [4.69, 9.17) is 16.3 Å². The van der Waals surface area contributed by atoms with E-state index in [1.54, 1.807) is 0 Å². The van der Waals surface area contributed by atoms with E-state index in [0.29, 0.717) is 17.7 Å². The van der Waals surface area contributed by atoms with Crippen LogP contribution in [0, 0.1) is 16.7 Å². The molecular formula is C14H23ClO2. The minimum atomic E-state index is -0.0692. The van der Waals surface area contributed by atoms with Gasteiger partial charge in [0.15, 0.2) is 0 Å². The summed E-state index contributed by atoms with van der Waals surface area (Å²) in [5.41, 5.74) is 0.485. The number of fused-ring (bicyclic) bond motifs is 2. The van der Waals surface area contributed by atoms with Gasteiger partial charge >= 0.3 is 5.97 Å². The third-order valence-corrected chi connectivity index (χ3v) is 5.77. The average molecular weight is 259 g/mol.